The standard InChI is InChI=1S/C27H29O5PS/c1-27(2,3)26(28)30-20-19-25(34-24-17-11-6-12-18-24)21-33(29,31-22-13-7-4-8-14-22)32-23-15-9-5-10-16-23/h4-18,21H,19-20H2,1-3H3/b25-21-. The number of ether oxygens (including phenoxy) is 1. The van der Waals surface area contributed by atoms with Crippen molar-refractivity contribution in [2.45, 2.75) is 32.1 Å². The van der Waals surface area contributed by atoms with E-state index in [2.05, 4.69) is 0 Å². The van der Waals surface area contributed by atoms with Crippen LogP contribution >= 0.6 is 19.4 Å². The van der Waals surface area contributed by atoms with Gasteiger partial charge in [-0.05, 0) is 57.2 Å². The van der Waals surface area contributed by atoms with Gasteiger partial charge in [-0.3, -0.25) is 4.79 Å². The largest absolute Gasteiger partial charge is 0.465 e. The van der Waals surface area contributed by atoms with E-state index < -0.39 is 13.0 Å². The van der Waals surface area contributed by atoms with E-state index in [1.54, 1.807) is 69.3 Å². The summed E-state index contributed by atoms with van der Waals surface area (Å²) in [7, 11) is -3.78. The first-order valence-electron chi connectivity index (χ1n) is 10.9. The SMILES string of the molecule is CC(C)(C)C(=O)OCC/C(=C/P(=O)(Oc1ccccc1)Oc1ccccc1)Sc1ccccc1. The van der Waals surface area contributed by atoms with Gasteiger partial charge in [0.1, 0.15) is 11.5 Å². The molecule has 3 rings (SSSR count). The Labute approximate surface area is 205 Å². The van der Waals surface area contributed by atoms with E-state index in [0.29, 0.717) is 22.8 Å². The number of esters is 1. The summed E-state index contributed by atoms with van der Waals surface area (Å²) in [5.41, 5.74) is -0.599. The molecule has 0 heterocycles. The molecule has 0 unspecified atom stereocenters. The number of carbonyl (C=O) groups is 1. The molecule has 0 radical (unpaired) electrons. The molecule has 0 N–H and O–H groups in total. The van der Waals surface area contributed by atoms with Crippen molar-refractivity contribution in [1.29, 1.82) is 0 Å². The second kappa shape index (κ2) is 12.0. The van der Waals surface area contributed by atoms with Gasteiger partial charge in [0.15, 0.2) is 0 Å². The topological polar surface area (TPSA) is 61.8 Å². The lowest BCUT2D eigenvalue weighted by Crippen LogP contribution is -2.23. The van der Waals surface area contributed by atoms with Crippen molar-refractivity contribution >= 4 is 25.3 Å². The highest BCUT2D eigenvalue weighted by Crippen LogP contribution is 2.52. The Morgan fingerprint density at radius 1 is 0.824 bits per heavy atom. The van der Waals surface area contributed by atoms with Crippen LogP contribution in [0.25, 0.3) is 0 Å². The lowest BCUT2D eigenvalue weighted by molar-refractivity contribution is -0.152. The van der Waals surface area contributed by atoms with Crippen molar-refractivity contribution in [3.05, 3.63) is 102 Å². The number of thioether (sulfide) groups is 1. The Hall–Kier alpha value is -2.95. The van der Waals surface area contributed by atoms with E-state index in [-0.39, 0.29) is 12.6 Å². The molecule has 178 valence electrons. The van der Waals surface area contributed by atoms with Crippen LogP contribution in [0.5, 0.6) is 11.5 Å². The van der Waals surface area contributed by atoms with Crippen LogP contribution in [0.15, 0.2) is 107 Å². The molecule has 34 heavy (non-hydrogen) atoms. The maximum Gasteiger partial charge on any atom is 0.456 e. The highest BCUT2D eigenvalue weighted by molar-refractivity contribution is 8.03. The highest BCUT2D eigenvalue weighted by atomic mass is 32.2. The molecule has 0 atom stereocenters. The van der Waals surface area contributed by atoms with Crippen molar-refractivity contribution in [3.63, 3.8) is 0 Å². The minimum absolute atomic E-state index is 0.151. The molecule has 0 aliphatic heterocycles. The summed E-state index contributed by atoms with van der Waals surface area (Å²) < 4.78 is 31.2. The molecule has 0 bridgehead atoms. The van der Waals surface area contributed by atoms with Gasteiger partial charge in [0.2, 0.25) is 0 Å². The molecule has 0 fully saturated rings. The number of hydrogen-bond donors (Lipinski definition) is 0. The Morgan fingerprint density at radius 2 is 1.29 bits per heavy atom. The molecule has 0 aliphatic rings. The minimum atomic E-state index is -3.78. The fourth-order valence-corrected chi connectivity index (χ4v) is 5.58. The van der Waals surface area contributed by atoms with Gasteiger partial charge in [-0.2, -0.15) is 0 Å². The number of para-hydroxylation sites is 2. The van der Waals surface area contributed by atoms with E-state index in [9.17, 15) is 9.36 Å². The van der Waals surface area contributed by atoms with Crippen molar-refractivity contribution < 1.29 is 23.1 Å². The van der Waals surface area contributed by atoms with Gasteiger partial charge in [-0.25, -0.2) is 4.57 Å². The molecular formula is C27H29O5PS. The van der Waals surface area contributed by atoms with Gasteiger partial charge in [0.05, 0.1) is 17.8 Å². The fraction of sp³-hybridized carbons (Fsp3) is 0.222. The van der Waals surface area contributed by atoms with E-state index in [0.717, 1.165) is 4.90 Å². The van der Waals surface area contributed by atoms with Crippen LogP contribution in [-0.4, -0.2) is 12.6 Å². The van der Waals surface area contributed by atoms with Crippen molar-refractivity contribution in [3.8, 4) is 11.5 Å². The normalized spacial score (nSPS) is 12.1. The lowest BCUT2D eigenvalue weighted by Gasteiger charge is -2.20. The van der Waals surface area contributed by atoms with Gasteiger partial charge in [-0.15, -0.1) is 0 Å². The van der Waals surface area contributed by atoms with Crippen LogP contribution in [0.3, 0.4) is 0 Å². The molecule has 0 saturated carbocycles. The van der Waals surface area contributed by atoms with Gasteiger partial charge >= 0.3 is 13.6 Å². The second-order valence-corrected chi connectivity index (χ2v) is 11.4. The number of hydrogen-bond acceptors (Lipinski definition) is 6. The van der Waals surface area contributed by atoms with Crippen LogP contribution < -0.4 is 9.05 Å². The first kappa shape index (κ1) is 25.7. The first-order valence-corrected chi connectivity index (χ1v) is 13.4. The highest BCUT2D eigenvalue weighted by Gasteiger charge is 2.28. The van der Waals surface area contributed by atoms with E-state index in [1.165, 1.54) is 17.6 Å². The average Bonchev–Trinajstić information content (AvgIpc) is 2.80. The lowest BCUT2D eigenvalue weighted by atomic mass is 9.97. The summed E-state index contributed by atoms with van der Waals surface area (Å²) >= 11 is 1.43. The molecule has 0 aromatic heterocycles. The molecule has 0 aliphatic carbocycles. The smallest absolute Gasteiger partial charge is 0.456 e. The first-order chi connectivity index (χ1) is 16.2. The summed E-state index contributed by atoms with van der Waals surface area (Å²) in [6.45, 7) is 5.57. The quantitative estimate of drug-likeness (QED) is 0.161. The van der Waals surface area contributed by atoms with Crippen molar-refractivity contribution in [2.75, 3.05) is 6.61 Å². The number of benzene rings is 3. The molecule has 0 amide bonds. The Morgan fingerprint density at radius 3 is 1.76 bits per heavy atom. The number of rotatable bonds is 10. The maximum absolute atomic E-state index is 14.0. The zero-order valence-corrected chi connectivity index (χ0v) is 21.3. The van der Waals surface area contributed by atoms with Crippen molar-refractivity contribution in [2.24, 2.45) is 5.41 Å². The van der Waals surface area contributed by atoms with Crippen LogP contribution in [0.1, 0.15) is 27.2 Å². The average molecular weight is 497 g/mol. The van der Waals surface area contributed by atoms with E-state index >= 15 is 0 Å². The molecule has 0 saturated heterocycles. The molecule has 0 spiro atoms. The van der Waals surface area contributed by atoms with Crippen LogP contribution in [0.2, 0.25) is 0 Å². The van der Waals surface area contributed by atoms with Gasteiger partial charge in [-0.1, -0.05) is 66.4 Å². The minimum Gasteiger partial charge on any atom is -0.465 e. The summed E-state index contributed by atoms with van der Waals surface area (Å²) in [5.74, 6) is 2.10. The van der Waals surface area contributed by atoms with Gasteiger partial charge < -0.3 is 13.8 Å². The second-order valence-electron chi connectivity index (χ2n) is 8.49. The third-order valence-electron chi connectivity index (χ3n) is 4.44. The predicted octanol–water partition coefficient (Wildman–Crippen LogP) is 7.95. The molecular weight excluding hydrogens is 467 g/mol. The zero-order valence-electron chi connectivity index (χ0n) is 19.5. The molecule has 3 aromatic rings. The van der Waals surface area contributed by atoms with Crippen LogP contribution in [0.4, 0.5) is 0 Å². The zero-order chi connectivity index (χ0) is 24.4. The van der Waals surface area contributed by atoms with Crippen molar-refractivity contribution in [1.82, 2.24) is 0 Å². The Balaban J connectivity index is 1.90. The van der Waals surface area contributed by atoms with Gasteiger partial charge in [0.25, 0.3) is 0 Å². The summed E-state index contributed by atoms with van der Waals surface area (Å²) in [4.78, 5) is 13.9. The fourth-order valence-electron chi connectivity index (χ4n) is 2.75. The third kappa shape index (κ3) is 8.44. The maximum atomic E-state index is 14.0. The Kier molecular flexibility index (Phi) is 9.03. The van der Waals surface area contributed by atoms with E-state index in [4.69, 9.17) is 13.8 Å². The monoisotopic (exact) mass is 496 g/mol. The van der Waals surface area contributed by atoms with Gasteiger partial charge in [0, 0.05) is 16.2 Å². The van der Waals surface area contributed by atoms with Crippen LogP contribution in [0, 0.1) is 5.41 Å². The summed E-state index contributed by atoms with van der Waals surface area (Å²) in [5, 5.41) is 0. The van der Waals surface area contributed by atoms with Crippen LogP contribution in [-0.2, 0) is 14.1 Å². The summed E-state index contributed by atoms with van der Waals surface area (Å²) in [6.07, 6.45) is 0.363. The van der Waals surface area contributed by atoms with E-state index in [1.807, 2.05) is 42.5 Å². The third-order valence-corrected chi connectivity index (χ3v) is 7.27. The molecule has 7 heteroatoms. The molecule has 5 nitrogen and oxygen atoms in total. The predicted molar refractivity (Wildman–Crippen MR) is 137 cm³/mol. The summed E-state index contributed by atoms with van der Waals surface area (Å²) in [6, 6.07) is 27.5. The molecule has 3 aromatic carbocycles. The number of carbonyl (C=O) groups excluding carboxylic acids is 1. The Bertz CT molecular complexity index is 1080.